The van der Waals surface area contributed by atoms with E-state index in [1.54, 1.807) is 0 Å². The Bertz CT molecular complexity index is 458. The molecule has 0 amide bonds. The fourth-order valence-corrected chi connectivity index (χ4v) is 3.06. The fraction of sp³-hybridized carbons (Fsp3) is 0.611. The Morgan fingerprint density at radius 2 is 2.05 bits per heavy atom. The van der Waals surface area contributed by atoms with Crippen LogP contribution in [0.4, 0.5) is 0 Å². The molecule has 116 valence electrons. The van der Waals surface area contributed by atoms with Crippen molar-refractivity contribution in [3.05, 3.63) is 29.8 Å². The van der Waals surface area contributed by atoms with Crippen LogP contribution in [0.5, 0.6) is 5.75 Å². The Kier molecular flexibility index (Phi) is 6.24. The number of nitrogens with zero attached hydrogens (tertiary/aromatic N) is 1. The number of likely N-dealkylation sites (tertiary alicyclic amines) is 1. The van der Waals surface area contributed by atoms with Gasteiger partial charge in [0.15, 0.2) is 5.78 Å². The first-order chi connectivity index (χ1) is 10.2. The topological polar surface area (TPSA) is 29.5 Å². The standard InChI is InChI=1S/C18H27NO2/c1-3-15-8-7-12-19(13-11-15)14-17(20)16-9-5-6-10-18(16)21-4-2/h5-6,9-10,15H,3-4,7-8,11-14H2,1-2H3. The Hall–Kier alpha value is -1.35. The average molecular weight is 289 g/mol. The summed E-state index contributed by atoms with van der Waals surface area (Å²) in [6, 6.07) is 7.58. The summed E-state index contributed by atoms with van der Waals surface area (Å²) >= 11 is 0. The molecule has 1 aliphatic rings. The Balaban J connectivity index is 1.98. The summed E-state index contributed by atoms with van der Waals surface area (Å²) < 4.78 is 5.57. The van der Waals surface area contributed by atoms with Gasteiger partial charge >= 0.3 is 0 Å². The second-order valence-corrected chi connectivity index (χ2v) is 5.83. The van der Waals surface area contributed by atoms with Gasteiger partial charge in [-0.1, -0.05) is 25.5 Å². The number of Topliss-reactive ketones (excluding diaryl/α,β-unsaturated/α-hetero) is 1. The van der Waals surface area contributed by atoms with Crippen molar-refractivity contribution >= 4 is 5.78 Å². The quantitative estimate of drug-likeness (QED) is 0.746. The van der Waals surface area contributed by atoms with Gasteiger partial charge in [-0.2, -0.15) is 0 Å². The SMILES string of the molecule is CCOc1ccccc1C(=O)CN1CCCC(CC)CC1. The van der Waals surface area contributed by atoms with Crippen LogP contribution in [-0.4, -0.2) is 36.9 Å². The number of rotatable bonds is 6. The maximum Gasteiger partial charge on any atom is 0.180 e. The van der Waals surface area contributed by atoms with E-state index in [4.69, 9.17) is 4.74 Å². The van der Waals surface area contributed by atoms with Crippen LogP contribution in [-0.2, 0) is 0 Å². The normalized spacial score (nSPS) is 20.0. The summed E-state index contributed by atoms with van der Waals surface area (Å²) in [6.07, 6.45) is 4.99. The van der Waals surface area contributed by atoms with Gasteiger partial charge in [-0.3, -0.25) is 9.69 Å². The first kappa shape index (κ1) is 16.0. The van der Waals surface area contributed by atoms with E-state index >= 15 is 0 Å². The molecule has 1 heterocycles. The van der Waals surface area contributed by atoms with Crippen molar-refractivity contribution in [1.82, 2.24) is 4.90 Å². The smallest absolute Gasteiger partial charge is 0.180 e. The molecule has 2 rings (SSSR count). The van der Waals surface area contributed by atoms with Gasteiger partial charge in [0.1, 0.15) is 5.75 Å². The summed E-state index contributed by atoms with van der Waals surface area (Å²) in [6.45, 7) is 7.40. The summed E-state index contributed by atoms with van der Waals surface area (Å²) in [5.41, 5.74) is 0.718. The van der Waals surface area contributed by atoms with Crippen molar-refractivity contribution in [2.45, 2.75) is 39.5 Å². The summed E-state index contributed by atoms with van der Waals surface area (Å²) in [5, 5.41) is 0. The lowest BCUT2D eigenvalue weighted by Crippen LogP contribution is -2.31. The molecule has 1 fully saturated rings. The average Bonchev–Trinajstić information content (AvgIpc) is 2.73. The molecule has 1 aliphatic heterocycles. The fourth-order valence-electron chi connectivity index (χ4n) is 3.06. The molecule has 0 bridgehead atoms. The second-order valence-electron chi connectivity index (χ2n) is 5.83. The third kappa shape index (κ3) is 4.57. The van der Waals surface area contributed by atoms with Crippen LogP contribution in [0.15, 0.2) is 24.3 Å². The minimum Gasteiger partial charge on any atom is -0.493 e. The summed E-state index contributed by atoms with van der Waals surface area (Å²) in [5.74, 6) is 1.72. The van der Waals surface area contributed by atoms with Crippen LogP contribution >= 0.6 is 0 Å². The van der Waals surface area contributed by atoms with Crippen LogP contribution in [0.2, 0.25) is 0 Å². The lowest BCUT2D eigenvalue weighted by molar-refractivity contribution is 0.0928. The monoisotopic (exact) mass is 289 g/mol. The molecule has 1 aromatic rings. The van der Waals surface area contributed by atoms with E-state index in [9.17, 15) is 4.79 Å². The first-order valence-electron chi connectivity index (χ1n) is 8.22. The molecule has 3 nitrogen and oxygen atoms in total. The van der Waals surface area contributed by atoms with Gasteiger partial charge in [-0.05, 0) is 57.3 Å². The summed E-state index contributed by atoms with van der Waals surface area (Å²) in [7, 11) is 0. The predicted molar refractivity (Wildman–Crippen MR) is 86.0 cm³/mol. The highest BCUT2D eigenvalue weighted by molar-refractivity contribution is 6.00. The lowest BCUT2D eigenvalue weighted by Gasteiger charge is -2.20. The molecule has 1 atom stereocenters. The molecule has 1 saturated heterocycles. The van der Waals surface area contributed by atoms with Crippen molar-refractivity contribution in [3.63, 3.8) is 0 Å². The van der Waals surface area contributed by atoms with E-state index in [2.05, 4.69) is 11.8 Å². The molecule has 3 heteroatoms. The molecular weight excluding hydrogens is 262 g/mol. The third-order valence-electron chi connectivity index (χ3n) is 4.37. The Morgan fingerprint density at radius 1 is 1.24 bits per heavy atom. The number of carbonyl (C=O) groups excluding carboxylic acids is 1. The molecule has 1 unspecified atom stereocenters. The third-order valence-corrected chi connectivity index (χ3v) is 4.37. The van der Waals surface area contributed by atoms with Crippen LogP contribution in [0, 0.1) is 5.92 Å². The van der Waals surface area contributed by atoms with Crippen molar-refractivity contribution in [2.24, 2.45) is 5.92 Å². The molecule has 0 aromatic heterocycles. The highest BCUT2D eigenvalue weighted by Crippen LogP contribution is 2.22. The zero-order valence-electron chi connectivity index (χ0n) is 13.3. The highest BCUT2D eigenvalue weighted by atomic mass is 16.5. The van der Waals surface area contributed by atoms with Crippen LogP contribution in [0.1, 0.15) is 49.9 Å². The van der Waals surface area contributed by atoms with E-state index in [0.717, 1.165) is 24.6 Å². The molecule has 0 aliphatic carbocycles. The number of ether oxygens (including phenoxy) is 1. The Morgan fingerprint density at radius 3 is 2.81 bits per heavy atom. The Labute approximate surface area is 128 Å². The van der Waals surface area contributed by atoms with E-state index in [0.29, 0.717) is 18.9 Å². The molecule has 0 spiro atoms. The first-order valence-corrected chi connectivity index (χ1v) is 8.22. The molecule has 0 N–H and O–H groups in total. The predicted octanol–water partition coefficient (Wildman–Crippen LogP) is 3.78. The van der Waals surface area contributed by atoms with Crippen LogP contribution < -0.4 is 4.74 Å². The molecular formula is C18H27NO2. The van der Waals surface area contributed by atoms with Crippen LogP contribution in [0.25, 0.3) is 0 Å². The van der Waals surface area contributed by atoms with Crippen molar-refractivity contribution in [1.29, 1.82) is 0 Å². The highest BCUT2D eigenvalue weighted by Gasteiger charge is 2.19. The van der Waals surface area contributed by atoms with Crippen molar-refractivity contribution in [3.8, 4) is 5.75 Å². The zero-order valence-corrected chi connectivity index (χ0v) is 13.3. The van der Waals surface area contributed by atoms with Gasteiger partial charge < -0.3 is 4.74 Å². The number of hydrogen-bond donors (Lipinski definition) is 0. The van der Waals surface area contributed by atoms with Gasteiger partial charge in [0.05, 0.1) is 18.7 Å². The van der Waals surface area contributed by atoms with Gasteiger partial charge in [0.25, 0.3) is 0 Å². The van der Waals surface area contributed by atoms with Gasteiger partial charge in [0.2, 0.25) is 0 Å². The largest absolute Gasteiger partial charge is 0.493 e. The minimum absolute atomic E-state index is 0.175. The van der Waals surface area contributed by atoms with E-state index in [1.807, 2.05) is 31.2 Å². The molecule has 0 radical (unpaired) electrons. The minimum atomic E-state index is 0.175. The summed E-state index contributed by atoms with van der Waals surface area (Å²) in [4.78, 5) is 14.9. The van der Waals surface area contributed by atoms with Gasteiger partial charge in [-0.15, -0.1) is 0 Å². The number of carbonyl (C=O) groups is 1. The van der Waals surface area contributed by atoms with E-state index < -0.39 is 0 Å². The molecule has 1 aromatic carbocycles. The molecule has 21 heavy (non-hydrogen) atoms. The van der Waals surface area contributed by atoms with Crippen molar-refractivity contribution in [2.75, 3.05) is 26.2 Å². The number of hydrogen-bond acceptors (Lipinski definition) is 3. The maximum atomic E-state index is 12.6. The second kappa shape index (κ2) is 8.18. The van der Waals surface area contributed by atoms with Gasteiger partial charge in [-0.25, -0.2) is 0 Å². The number of benzene rings is 1. The zero-order chi connectivity index (χ0) is 15.1. The van der Waals surface area contributed by atoms with Crippen LogP contribution in [0.3, 0.4) is 0 Å². The van der Waals surface area contributed by atoms with Gasteiger partial charge in [0, 0.05) is 0 Å². The van der Waals surface area contributed by atoms with E-state index in [-0.39, 0.29) is 5.78 Å². The van der Waals surface area contributed by atoms with Crippen molar-refractivity contribution < 1.29 is 9.53 Å². The molecule has 0 saturated carbocycles. The maximum absolute atomic E-state index is 12.6. The number of para-hydroxylation sites is 1. The lowest BCUT2D eigenvalue weighted by atomic mass is 9.98. The number of ketones is 1. The van der Waals surface area contributed by atoms with E-state index in [1.165, 1.54) is 25.7 Å².